The van der Waals surface area contributed by atoms with Gasteiger partial charge in [0, 0.05) is 10.6 Å². The number of aryl methyl sites for hydroxylation is 1. The third-order valence-electron chi connectivity index (χ3n) is 3.67. The molecule has 0 aromatic heterocycles. The highest BCUT2D eigenvalue weighted by atomic mass is 32.2. The first-order valence-electron chi connectivity index (χ1n) is 7.10. The quantitative estimate of drug-likeness (QED) is 0.685. The van der Waals surface area contributed by atoms with Gasteiger partial charge < -0.3 is 5.11 Å². The molecule has 0 saturated heterocycles. The van der Waals surface area contributed by atoms with Crippen molar-refractivity contribution in [1.29, 1.82) is 0 Å². The maximum atomic E-state index is 10.5. The molecule has 0 fully saturated rings. The maximum absolute atomic E-state index is 10.5. The molecule has 1 nitrogen and oxygen atoms in total. The van der Waals surface area contributed by atoms with Crippen LogP contribution >= 0.6 is 11.8 Å². The highest BCUT2D eigenvalue weighted by Crippen LogP contribution is 2.30. The van der Waals surface area contributed by atoms with Gasteiger partial charge in [-0.1, -0.05) is 60.7 Å². The Bertz CT molecular complexity index is 746. The van der Waals surface area contributed by atoms with E-state index in [-0.39, 0.29) is 0 Å². The van der Waals surface area contributed by atoms with Crippen LogP contribution in [0.25, 0.3) is 10.8 Å². The molecule has 0 heterocycles. The minimum Gasteiger partial charge on any atom is -0.388 e. The van der Waals surface area contributed by atoms with E-state index >= 15 is 0 Å². The molecule has 1 atom stereocenters. The van der Waals surface area contributed by atoms with E-state index in [9.17, 15) is 5.11 Å². The lowest BCUT2D eigenvalue weighted by Gasteiger charge is -2.14. The van der Waals surface area contributed by atoms with Crippen molar-refractivity contribution < 1.29 is 5.11 Å². The average Bonchev–Trinajstić information content (AvgIpc) is 2.53. The fraction of sp³-hybridized carbons (Fsp3) is 0.158. The summed E-state index contributed by atoms with van der Waals surface area (Å²) >= 11 is 1.71. The first kappa shape index (κ1) is 14.2. The molecular weight excluding hydrogens is 276 g/mol. The number of aliphatic hydroxyl groups is 1. The minimum atomic E-state index is -0.458. The van der Waals surface area contributed by atoms with Crippen molar-refractivity contribution in [3.8, 4) is 0 Å². The Morgan fingerprint density at radius 2 is 1.62 bits per heavy atom. The van der Waals surface area contributed by atoms with Gasteiger partial charge in [0.25, 0.3) is 0 Å². The molecule has 1 N–H and O–H groups in total. The second-order valence-electron chi connectivity index (χ2n) is 5.16. The summed E-state index contributed by atoms with van der Waals surface area (Å²) in [5.41, 5.74) is 2.27. The zero-order chi connectivity index (χ0) is 14.7. The SMILES string of the molecule is Cc1ccccc1SCC(O)c1cccc2ccccc12. The van der Waals surface area contributed by atoms with Crippen molar-refractivity contribution in [2.45, 2.75) is 17.9 Å². The van der Waals surface area contributed by atoms with Gasteiger partial charge in [0.1, 0.15) is 0 Å². The van der Waals surface area contributed by atoms with Gasteiger partial charge >= 0.3 is 0 Å². The summed E-state index contributed by atoms with van der Waals surface area (Å²) in [6.07, 6.45) is -0.458. The highest BCUT2D eigenvalue weighted by molar-refractivity contribution is 7.99. The molecule has 0 spiro atoms. The summed E-state index contributed by atoms with van der Waals surface area (Å²) in [7, 11) is 0. The van der Waals surface area contributed by atoms with Crippen molar-refractivity contribution in [2.24, 2.45) is 0 Å². The van der Waals surface area contributed by atoms with Gasteiger partial charge in [0.2, 0.25) is 0 Å². The van der Waals surface area contributed by atoms with Crippen LogP contribution in [0.1, 0.15) is 17.2 Å². The monoisotopic (exact) mass is 294 g/mol. The fourth-order valence-electron chi connectivity index (χ4n) is 2.52. The molecule has 0 aliphatic heterocycles. The normalized spacial score (nSPS) is 12.5. The molecule has 0 amide bonds. The van der Waals surface area contributed by atoms with Crippen molar-refractivity contribution in [1.82, 2.24) is 0 Å². The number of benzene rings is 3. The molecule has 0 aliphatic carbocycles. The predicted octanol–water partition coefficient (Wildman–Crippen LogP) is 4.97. The van der Waals surface area contributed by atoms with Crippen LogP contribution in [-0.4, -0.2) is 10.9 Å². The Kier molecular flexibility index (Phi) is 4.28. The molecule has 2 heteroatoms. The van der Waals surface area contributed by atoms with Crippen molar-refractivity contribution in [2.75, 3.05) is 5.75 Å². The standard InChI is InChI=1S/C19H18OS/c1-14-7-2-5-12-19(14)21-13-18(20)17-11-6-9-15-8-3-4-10-16(15)17/h2-12,18,20H,13H2,1H3. The Morgan fingerprint density at radius 1 is 0.905 bits per heavy atom. The molecule has 0 aliphatic rings. The topological polar surface area (TPSA) is 20.2 Å². The summed E-state index contributed by atoms with van der Waals surface area (Å²) in [5, 5.41) is 12.9. The van der Waals surface area contributed by atoms with E-state index < -0.39 is 6.10 Å². The molecule has 21 heavy (non-hydrogen) atoms. The van der Waals surface area contributed by atoms with Crippen molar-refractivity contribution in [3.63, 3.8) is 0 Å². The molecule has 3 aromatic carbocycles. The van der Waals surface area contributed by atoms with E-state index in [2.05, 4.69) is 37.3 Å². The average molecular weight is 294 g/mol. The Hall–Kier alpha value is -1.77. The number of fused-ring (bicyclic) bond motifs is 1. The molecule has 3 rings (SSSR count). The zero-order valence-electron chi connectivity index (χ0n) is 12.0. The van der Waals surface area contributed by atoms with Crippen LogP contribution in [0.2, 0.25) is 0 Å². The van der Waals surface area contributed by atoms with Crippen LogP contribution in [0.3, 0.4) is 0 Å². The minimum absolute atomic E-state index is 0.458. The van der Waals surface area contributed by atoms with Crippen molar-refractivity contribution in [3.05, 3.63) is 77.9 Å². The van der Waals surface area contributed by atoms with Gasteiger partial charge in [-0.3, -0.25) is 0 Å². The molecule has 106 valence electrons. The molecule has 3 aromatic rings. The number of hydrogen-bond donors (Lipinski definition) is 1. The Labute approximate surface area is 129 Å². The molecular formula is C19H18OS. The summed E-state index contributed by atoms with van der Waals surface area (Å²) in [5.74, 6) is 0.666. The van der Waals surface area contributed by atoms with Crippen molar-refractivity contribution >= 4 is 22.5 Å². The number of aliphatic hydroxyl groups excluding tert-OH is 1. The summed E-state index contributed by atoms with van der Waals surface area (Å²) in [6, 6.07) is 22.6. The smallest absolute Gasteiger partial charge is 0.0889 e. The summed E-state index contributed by atoms with van der Waals surface area (Å²) < 4.78 is 0. The Morgan fingerprint density at radius 3 is 2.48 bits per heavy atom. The first-order valence-corrected chi connectivity index (χ1v) is 8.08. The van der Waals surface area contributed by atoms with Crippen LogP contribution in [-0.2, 0) is 0 Å². The molecule has 0 radical (unpaired) electrons. The van der Waals surface area contributed by atoms with E-state index in [1.807, 2.05) is 36.4 Å². The maximum Gasteiger partial charge on any atom is 0.0889 e. The van der Waals surface area contributed by atoms with Gasteiger partial charge in [-0.15, -0.1) is 11.8 Å². The van der Waals surface area contributed by atoms with E-state index in [1.54, 1.807) is 11.8 Å². The largest absolute Gasteiger partial charge is 0.388 e. The van der Waals surface area contributed by atoms with E-state index in [1.165, 1.54) is 15.8 Å². The second kappa shape index (κ2) is 6.33. The number of hydrogen-bond acceptors (Lipinski definition) is 2. The first-order chi connectivity index (χ1) is 10.3. The zero-order valence-corrected chi connectivity index (χ0v) is 12.8. The van der Waals surface area contributed by atoms with Gasteiger partial charge in [0.15, 0.2) is 0 Å². The van der Waals surface area contributed by atoms with E-state index in [0.29, 0.717) is 5.75 Å². The van der Waals surface area contributed by atoms with Crippen LogP contribution in [0.15, 0.2) is 71.6 Å². The predicted molar refractivity (Wildman–Crippen MR) is 90.8 cm³/mol. The highest BCUT2D eigenvalue weighted by Gasteiger charge is 2.12. The number of thioether (sulfide) groups is 1. The molecule has 0 saturated carbocycles. The van der Waals surface area contributed by atoms with Crippen LogP contribution in [0.5, 0.6) is 0 Å². The fourth-order valence-corrected chi connectivity index (χ4v) is 3.51. The lowest BCUT2D eigenvalue weighted by atomic mass is 10.0. The second-order valence-corrected chi connectivity index (χ2v) is 6.22. The van der Waals surface area contributed by atoms with Gasteiger partial charge in [-0.25, -0.2) is 0 Å². The lowest BCUT2D eigenvalue weighted by Crippen LogP contribution is -2.01. The van der Waals surface area contributed by atoms with E-state index in [4.69, 9.17) is 0 Å². The van der Waals surface area contributed by atoms with Crippen LogP contribution < -0.4 is 0 Å². The molecule has 1 unspecified atom stereocenters. The van der Waals surface area contributed by atoms with Gasteiger partial charge in [-0.2, -0.15) is 0 Å². The Balaban J connectivity index is 1.81. The third-order valence-corrected chi connectivity index (χ3v) is 4.92. The van der Waals surface area contributed by atoms with Gasteiger partial charge in [0.05, 0.1) is 6.10 Å². The summed E-state index contributed by atoms with van der Waals surface area (Å²) in [6.45, 7) is 2.10. The lowest BCUT2D eigenvalue weighted by molar-refractivity contribution is 0.205. The number of rotatable bonds is 4. The van der Waals surface area contributed by atoms with E-state index in [0.717, 1.165) is 10.9 Å². The molecule has 0 bridgehead atoms. The van der Waals surface area contributed by atoms with Crippen LogP contribution in [0, 0.1) is 6.92 Å². The summed E-state index contributed by atoms with van der Waals surface area (Å²) in [4.78, 5) is 1.23. The van der Waals surface area contributed by atoms with Gasteiger partial charge in [-0.05, 0) is 34.9 Å². The third kappa shape index (κ3) is 3.12. The van der Waals surface area contributed by atoms with Crippen LogP contribution in [0.4, 0.5) is 0 Å².